The number of amides is 2. The van der Waals surface area contributed by atoms with Gasteiger partial charge in [-0.25, -0.2) is 0 Å². The summed E-state index contributed by atoms with van der Waals surface area (Å²) in [5, 5.41) is 25.2. The first kappa shape index (κ1) is 21.6. The number of hydrogen-bond donors (Lipinski definition) is 2. The molecule has 6 nitrogen and oxygen atoms in total. The molecule has 2 N–H and O–H groups in total. The first-order valence-electron chi connectivity index (χ1n) is 8.88. The Morgan fingerprint density at radius 1 is 0.786 bits per heavy atom. The van der Waals surface area contributed by atoms with Crippen molar-refractivity contribution in [3.63, 3.8) is 0 Å². The van der Waals surface area contributed by atoms with E-state index in [-0.39, 0.29) is 24.7 Å². The van der Waals surface area contributed by atoms with Crippen molar-refractivity contribution in [3.8, 4) is 12.1 Å². The summed E-state index contributed by atoms with van der Waals surface area (Å²) in [6, 6.07) is 4.26. The minimum absolute atomic E-state index is 0.158. The van der Waals surface area contributed by atoms with Gasteiger partial charge in [-0.05, 0) is 51.7 Å². The normalized spacial score (nSPS) is 10.2. The van der Waals surface area contributed by atoms with Crippen LogP contribution in [0.2, 0.25) is 0 Å². The molecule has 0 saturated carbocycles. The molecule has 0 aliphatic rings. The van der Waals surface area contributed by atoms with Crippen LogP contribution in [0.25, 0.3) is 0 Å². The number of nitriles is 2. The number of carbonyl (C=O) groups excluding carboxylic acids is 2. The molecule has 146 valence electrons. The summed E-state index contributed by atoms with van der Waals surface area (Å²) in [5.41, 5.74) is 2.83. The van der Waals surface area contributed by atoms with Gasteiger partial charge in [-0.3, -0.25) is 9.59 Å². The zero-order chi connectivity index (χ0) is 20.8. The number of nitrogens with one attached hydrogen (secondary N) is 2. The Kier molecular flexibility index (Phi) is 7.33. The Morgan fingerprint density at radius 2 is 1.14 bits per heavy atom. The summed E-state index contributed by atoms with van der Waals surface area (Å²) in [6.45, 7) is 7.58. The van der Waals surface area contributed by atoms with Crippen LogP contribution in [0.1, 0.15) is 57.7 Å². The summed E-state index contributed by atoms with van der Waals surface area (Å²) < 4.78 is 0. The molecule has 0 unspecified atom stereocenters. The number of anilines is 2. The number of unbranched alkanes of at least 4 members (excludes halogenated alkanes) is 1. The SMILES string of the molecule is Cc1sc(NC(=O)CCCCC(=O)Nc2sc(C)c(C)c2C#N)c(C#N)c1C. The summed E-state index contributed by atoms with van der Waals surface area (Å²) in [5.74, 6) is -0.316. The Morgan fingerprint density at radius 3 is 1.46 bits per heavy atom. The molecule has 0 radical (unpaired) electrons. The predicted molar refractivity (Wildman–Crippen MR) is 113 cm³/mol. The van der Waals surface area contributed by atoms with Crippen LogP contribution in [-0.2, 0) is 9.59 Å². The van der Waals surface area contributed by atoms with Gasteiger partial charge in [0.25, 0.3) is 0 Å². The molecule has 28 heavy (non-hydrogen) atoms. The largest absolute Gasteiger partial charge is 0.317 e. The number of thiophene rings is 2. The zero-order valence-electron chi connectivity index (χ0n) is 16.4. The monoisotopic (exact) mass is 414 g/mol. The standard InChI is InChI=1S/C20H22N4O2S2/c1-11-13(3)27-19(15(11)9-21)23-17(25)7-5-6-8-18(26)24-20-16(10-22)12(2)14(4)28-20/h5-8H2,1-4H3,(H,23,25)(H,24,26). The van der Waals surface area contributed by atoms with Crippen LogP contribution in [0.3, 0.4) is 0 Å². The van der Waals surface area contributed by atoms with Gasteiger partial charge in [-0.1, -0.05) is 0 Å². The molecule has 8 heteroatoms. The second-order valence-electron chi connectivity index (χ2n) is 6.50. The summed E-state index contributed by atoms with van der Waals surface area (Å²) in [4.78, 5) is 26.3. The van der Waals surface area contributed by atoms with E-state index in [1.165, 1.54) is 22.7 Å². The summed E-state index contributed by atoms with van der Waals surface area (Å²) in [6.07, 6.45) is 1.71. The summed E-state index contributed by atoms with van der Waals surface area (Å²) in [7, 11) is 0. The molecule has 0 atom stereocenters. The fraction of sp³-hybridized carbons (Fsp3) is 0.400. The van der Waals surface area contributed by atoms with Crippen molar-refractivity contribution < 1.29 is 9.59 Å². The fourth-order valence-electron chi connectivity index (χ4n) is 2.65. The molecule has 2 aromatic rings. The highest BCUT2D eigenvalue weighted by Crippen LogP contribution is 2.32. The molecule has 2 heterocycles. The topological polar surface area (TPSA) is 106 Å². The number of nitrogens with zero attached hydrogens (tertiary/aromatic N) is 2. The maximum atomic E-state index is 12.1. The van der Waals surface area contributed by atoms with Gasteiger partial charge in [0, 0.05) is 22.6 Å². The molecule has 0 bridgehead atoms. The molecule has 2 rings (SSSR count). The van der Waals surface area contributed by atoms with Crippen molar-refractivity contribution in [2.75, 3.05) is 10.6 Å². The van der Waals surface area contributed by atoms with Crippen LogP contribution in [0.15, 0.2) is 0 Å². The van der Waals surface area contributed by atoms with Gasteiger partial charge in [0.05, 0.1) is 11.1 Å². The maximum absolute atomic E-state index is 12.1. The van der Waals surface area contributed by atoms with Gasteiger partial charge in [-0.15, -0.1) is 22.7 Å². The number of carbonyl (C=O) groups is 2. The smallest absolute Gasteiger partial charge is 0.225 e. The quantitative estimate of drug-likeness (QED) is 0.627. The van der Waals surface area contributed by atoms with Gasteiger partial charge < -0.3 is 10.6 Å². The molecule has 2 amide bonds. The van der Waals surface area contributed by atoms with Crippen LogP contribution in [-0.4, -0.2) is 11.8 Å². The van der Waals surface area contributed by atoms with Gasteiger partial charge in [0.1, 0.15) is 22.1 Å². The molecule has 0 saturated heterocycles. The van der Waals surface area contributed by atoms with Crippen molar-refractivity contribution in [2.24, 2.45) is 0 Å². The van der Waals surface area contributed by atoms with E-state index in [9.17, 15) is 20.1 Å². The second-order valence-corrected chi connectivity index (χ2v) is 8.95. The lowest BCUT2D eigenvalue weighted by atomic mass is 10.1. The van der Waals surface area contributed by atoms with Gasteiger partial charge >= 0.3 is 0 Å². The fourth-order valence-corrected chi connectivity index (χ4v) is 4.70. The maximum Gasteiger partial charge on any atom is 0.225 e. The second kappa shape index (κ2) is 9.50. The highest BCUT2D eigenvalue weighted by Gasteiger charge is 2.16. The number of aryl methyl sites for hydroxylation is 2. The first-order valence-corrected chi connectivity index (χ1v) is 10.5. The molecule has 0 fully saturated rings. The lowest BCUT2D eigenvalue weighted by Gasteiger charge is -2.05. The van der Waals surface area contributed by atoms with Crippen LogP contribution in [0, 0.1) is 50.4 Å². The van der Waals surface area contributed by atoms with Crippen molar-refractivity contribution in [1.29, 1.82) is 10.5 Å². The minimum atomic E-state index is -0.158. The van der Waals surface area contributed by atoms with Gasteiger partial charge in [-0.2, -0.15) is 10.5 Å². The van der Waals surface area contributed by atoms with E-state index in [0.717, 1.165) is 20.9 Å². The van der Waals surface area contributed by atoms with Crippen LogP contribution in [0.4, 0.5) is 10.0 Å². The highest BCUT2D eigenvalue weighted by molar-refractivity contribution is 7.17. The predicted octanol–water partition coefficient (Wildman–Crippen LogP) is 4.92. The van der Waals surface area contributed by atoms with E-state index in [0.29, 0.717) is 34.0 Å². The average molecular weight is 415 g/mol. The van der Waals surface area contributed by atoms with Gasteiger partial charge in [0.15, 0.2) is 0 Å². The lowest BCUT2D eigenvalue weighted by Crippen LogP contribution is -2.13. The van der Waals surface area contributed by atoms with Crippen LogP contribution >= 0.6 is 22.7 Å². The van der Waals surface area contributed by atoms with E-state index in [1.54, 1.807) is 0 Å². The summed E-state index contributed by atoms with van der Waals surface area (Å²) >= 11 is 2.80. The molecular weight excluding hydrogens is 392 g/mol. The molecule has 0 aliphatic heterocycles. The van der Waals surface area contributed by atoms with E-state index in [2.05, 4.69) is 22.8 Å². The molecule has 0 aromatic carbocycles. The number of hydrogen-bond acceptors (Lipinski definition) is 6. The lowest BCUT2D eigenvalue weighted by molar-refractivity contribution is -0.118. The third-order valence-electron chi connectivity index (χ3n) is 4.56. The Balaban J connectivity index is 1.78. The molecule has 2 aromatic heterocycles. The highest BCUT2D eigenvalue weighted by atomic mass is 32.1. The van der Waals surface area contributed by atoms with Gasteiger partial charge in [0.2, 0.25) is 11.8 Å². The minimum Gasteiger partial charge on any atom is -0.317 e. The average Bonchev–Trinajstić information content (AvgIpc) is 3.06. The zero-order valence-corrected chi connectivity index (χ0v) is 18.0. The van der Waals surface area contributed by atoms with Crippen molar-refractivity contribution in [2.45, 2.75) is 53.4 Å². The third-order valence-corrected chi connectivity index (χ3v) is 6.80. The van der Waals surface area contributed by atoms with Crippen molar-refractivity contribution in [3.05, 3.63) is 32.0 Å². The molecular formula is C20H22N4O2S2. The van der Waals surface area contributed by atoms with Crippen molar-refractivity contribution >= 4 is 44.5 Å². The first-order chi connectivity index (χ1) is 13.3. The van der Waals surface area contributed by atoms with E-state index < -0.39 is 0 Å². The van der Waals surface area contributed by atoms with E-state index >= 15 is 0 Å². The van der Waals surface area contributed by atoms with Crippen LogP contribution in [0.5, 0.6) is 0 Å². The Hall–Kier alpha value is -2.68. The van der Waals surface area contributed by atoms with Crippen LogP contribution < -0.4 is 10.6 Å². The Bertz CT molecular complexity index is 909. The van der Waals surface area contributed by atoms with E-state index in [1.807, 2.05) is 27.7 Å². The van der Waals surface area contributed by atoms with E-state index in [4.69, 9.17) is 0 Å². The third kappa shape index (κ3) is 4.98. The molecule has 0 spiro atoms. The Labute approximate surface area is 172 Å². The van der Waals surface area contributed by atoms with Crippen molar-refractivity contribution in [1.82, 2.24) is 0 Å². The number of rotatable bonds is 7. The molecule has 0 aliphatic carbocycles.